The van der Waals surface area contributed by atoms with Crippen LogP contribution in [0.1, 0.15) is 19.8 Å². The number of nitrogens with zero attached hydrogens (tertiary/aromatic N) is 5. The maximum Gasteiger partial charge on any atom is 0.320 e. The largest absolute Gasteiger partial charge is 0.508 e. The van der Waals surface area contributed by atoms with E-state index in [1.54, 1.807) is 12.1 Å². The van der Waals surface area contributed by atoms with Gasteiger partial charge in [0.05, 0.1) is 5.39 Å². The van der Waals surface area contributed by atoms with Gasteiger partial charge < -0.3 is 20.1 Å². The number of hydrogen-bond acceptors (Lipinski definition) is 8. The molecule has 0 aliphatic carbocycles. The van der Waals surface area contributed by atoms with Crippen LogP contribution in [-0.4, -0.2) is 76.4 Å². The summed E-state index contributed by atoms with van der Waals surface area (Å²) in [5, 5.41) is 14.9. The summed E-state index contributed by atoms with van der Waals surface area (Å²) in [7, 11) is 2.09. The minimum atomic E-state index is -0.637. The highest BCUT2D eigenvalue weighted by Gasteiger charge is 2.43. The first-order valence-corrected chi connectivity index (χ1v) is 13.5. The van der Waals surface area contributed by atoms with E-state index < -0.39 is 11.6 Å². The van der Waals surface area contributed by atoms with Gasteiger partial charge in [-0.15, -0.1) is 0 Å². The van der Waals surface area contributed by atoms with Gasteiger partial charge in [0.25, 0.3) is 0 Å². The number of likely N-dealkylation sites (N-methyl/N-ethyl adjacent to an activating group) is 1. The van der Waals surface area contributed by atoms with E-state index >= 15 is 4.39 Å². The highest BCUT2D eigenvalue weighted by Crippen LogP contribution is 2.40. The second kappa shape index (κ2) is 9.24. The van der Waals surface area contributed by atoms with E-state index in [4.69, 9.17) is 9.72 Å². The SMILES string of the molecule is C[C@@H]1C[C@@H](COc2nc(N3C4CNCC3C4)c3cc(F)c(-c4cc(O)cc5cccc(F)c45)nc3n2)N(C)C1. The fraction of sp³-hybridized carbons (Fsp3) is 0.414. The molecule has 3 saturated heterocycles. The Kier molecular flexibility index (Phi) is 5.78. The van der Waals surface area contributed by atoms with Crippen molar-refractivity contribution in [1.82, 2.24) is 25.2 Å². The molecule has 7 rings (SSSR count). The van der Waals surface area contributed by atoms with Crippen molar-refractivity contribution in [3.8, 4) is 23.0 Å². The number of hydrogen-bond donors (Lipinski definition) is 2. The lowest BCUT2D eigenvalue weighted by Crippen LogP contribution is -2.68. The quantitative estimate of drug-likeness (QED) is 0.398. The van der Waals surface area contributed by atoms with Crippen LogP contribution in [-0.2, 0) is 0 Å². The first-order valence-electron chi connectivity index (χ1n) is 13.5. The maximum atomic E-state index is 15.8. The molecule has 0 amide bonds. The molecule has 3 aliphatic heterocycles. The van der Waals surface area contributed by atoms with E-state index in [0.717, 1.165) is 32.5 Å². The topological polar surface area (TPSA) is 86.6 Å². The predicted octanol–water partition coefficient (Wildman–Crippen LogP) is 4.10. The molecule has 2 aromatic carbocycles. The number of piperazine rings is 1. The summed E-state index contributed by atoms with van der Waals surface area (Å²) in [6.45, 7) is 5.33. The van der Waals surface area contributed by atoms with E-state index in [1.165, 1.54) is 24.3 Å². The van der Waals surface area contributed by atoms with Crippen LogP contribution in [0.15, 0.2) is 36.4 Å². The summed E-state index contributed by atoms with van der Waals surface area (Å²) in [4.78, 5) is 18.5. The number of likely N-dealkylation sites (tertiary alicyclic amines) is 1. The van der Waals surface area contributed by atoms with Crippen molar-refractivity contribution in [2.75, 3.05) is 38.2 Å². The van der Waals surface area contributed by atoms with Crippen LogP contribution in [0.4, 0.5) is 14.6 Å². The number of benzene rings is 2. The lowest BCUT2D eigenvalue weighted by atomic mass is 9.88. The van der Waals surface area contributed by atoms with Gasteiger partial charge in [-0.3, -0.25) is 4.90 Å². The number of anilines is 1. The third-order valence-electron chi connectivity index (χ3n) is 8.40. The van der Waals surface area contributed by atoms with Crippen LogP contribution < -0.4 is 15.0 Å². The summed E-state index contributed by atoms with van der Waals surface area (Å²) in [5.41, 5.74) is 0.348. The highest BCUT2D eigenvalue weighted by atomic mass is 19.1. The predicted molar refractivity (Wildman–Crippen MR) is 145 cm³/mol. The number of fused-ring (bicyclic) bond motifs is 4. The van der Waals surface area contributed by atoms with Gasteiger partial charge in [0.15, 0.2) is 5.65 Å². The van der Waals surface area contributed by atoms with Gasteiger partial charge in [-0.05, 0) is 55.5 Å². The zero-order valence-electron chi connectivity index (χ0n) is 21.9. The van der Waals surface area contributed by atoms with Crippen LogP contribution in [0, 0.1) is 17.6 Å². The van der Waals surface area contributed by atoms with Crippen molar-refractivity contribution in [3.05, 3.63) is 48.0 Å². The third-order valence-corrected chi connectivity index (χ3v) is 8.40. The molecule has 0 spiro atoms. The molecule has 2 unspecified atom stereocenters. The zero-order valence-corrected chi connectivity index (χ0v) is 21.9. The number of pyridine rings is 1. The lowest BCUT2D eigenvalue weighted by molar-refractivity contribution is 0.187. The fourth-order valence-corrected chi connectivity index (χ4v) is 6.55. The van der Waals surface area contributed by atoms with Crippen LogP contribution >= 0.6 is 0 Å². The van der Waals surface area contributed by atoms with Crippen LogP contribution in [0.2, 0.25) is 0 Å². The van der Waals surface area contributed by atoms with E-state index in [2.05, 4.69) is 39.1 Å². The lowest BCUT2D eigenvalue weighted by Gasteiger charge is -2.54. The number of piperidine rings is 1. The molecule has 2 N–H and O–H groups in total. The molecule has 4 atom stereocenters. The molecular formula is C29H30F2N6O2. The van der Waals surface area contributed by atoms with Crippen molar-refractivity contribution in [2.24, 2.45) is 5.92 Å². The molecule has 3 fully saturated rings. The number of aromatic hydroxyl groups is 1. The van der Waals surface area contributed by atoms with Crippen LogP contribution in [0.25, 0.3) is 33.1 Å². The Hall–Kier alpha value is -3.63. The second-order valence-electron chi connectivity index (χ2n) is 11.2. The summed E-state index contributed by atoms with van der Waals surface area (Å²) >= 11 is 0. The average Bonchev–Trinajstić information content (AvgIpc) is 3.23. The number of ether oxygens (including phenoxy) is 1. The Bertz CT molecular complexity index is 1590. The molecule has 4 aromatic rings. The molecule has 39 heavy (non-hydrogen) atoms. The summed E-state index contributed by atoms with van der Waals surface area (Å²) in [6, 6.07) is 9.66. The Morgan fingerprint density at radius 2 is 1.87 bits per heavy atom. The number of nitrogens with one attached hydrogen (secondary N) is 1. The molecule has 2 bridgehead atoms. The Morgan fingerprint density at radius 1 is 1.05 bits per heavy atom. The Balaban J connectivity index is 1.36. The summed E-state index contributed by atoms with van der Waals surface area (Å²) in [6.07, 6.45) is 2.07. The molecule has 3 aliphatic rings. The van der Waals surface area contributed by atoms with Crippen molar-refractivity contribution >= 4 is 27.6 Å². The van der Waals surface area contributed by atoms with Gasteiger partial charge in [-0.1, -0.05) is 19.1 Å². The van der Waals surface area contributed by atoms with Gasteiger partial charge in [-0.2, -0.15) is 9.97 Å². The molecule has 2 aromatic heterocycles. The molecule has 5 heterocycles. The summed E-state index contributed by atoms with van der Waals surface area (Å²) < 4.78 is 36.9. The van der Waals surface area contributed by atoms with Gasteiger partial charge in [0.2, 0.25) is 0 Å². The molecular weight excluding hydrogens is 502 g/mol. The van der Waals surface area contributed by atoms with Gasteiger partial charge in [-0.25, -0.2) is 13.8 Å². The first kappa shape index (κ1) is 24.4. The molecule has 0 radical (unpaired) electrons. The summed E-state index contributed by atoms with van der Waals surface area (Å²) in [5.74, 6) is -0.0636. The Labute approximate surface area is 224 Å². The number of aromatic nitrogens is 3. The number of phenolic OH excluding ortho intramolecular Hbond substituents is 1. The van der Waals surface area contributed by atoms with Gasteiger partial charge in [0, 0.05) is 48.7 Å². The molecule has 202 valence electrons. The smallest absolute Gasteiger partial charge is 0.320 e. The monoisotopic (exact) mass is 532 g/mol. The number of halogens is 2. The van der Waals surface area contributed by atoms with Gasteiger partial charge >= 0.3 is 6.01 Å². The van der Waals surface area contributed by atoms with Gasteiger partial charge in [0.1, 0.15) is 35.5 Å². The van der Waals surface area contributed by atoms with Crippen LogP contribution in [0.5, 0.6) is 11.8 Å². The van der Waals surface area contributed by atoms with E-state index in [1.807, 2.05) is 0 Å². The molecule has 0 saturated carbocycles. The highest BCUT2D eigenvalue weighted by molar-refractivity contribution is 5.99. The normalized spacial score (nSPS) is 24.9. The van der Waals surface area contributed by atoms with E-state index in [-0.39, 0.29) is 52.2 Å². The minimum absolute atomic E-state index is 0.0843. The van der Waals surface area contributed by atoms with E-state index in [9.17, 15) is 9.50 Å². The average molecular weight is 533 g/mol. The van der Waals surface area contributed by atoms with Crippen molar-refractivity contribution in [3.63, 3.8) is 0 Å². The molecule has 10 heteroatoms. The van der Waals surface area contributed by atoms with Crippen LogP contribution in [0.3, 0.4) is 0 Å². The standard InChI is InChI=1S/C29H30F2N6O2/c1-15-6-19(36(2)13-15)14-39-29-34-27-22(28(35-29)37-17-8-18(37)12-32-11-17)10-24(31)26(33-27)21-9-20(38)7-16-4-3-5-23(30)25(16)21/h3-5,7,9-10,15,17-19,32,38H,6,8,11-14H2,1-2H3/t15-,17?,18?,19+/m1/s1. The van der Waals surface area contributed by atoms with Crippen molar-refractivity contribution in [2.45, 2.75) is 37.9 Å². The van der Waals surface area contributed by atoms with Crippen molar-refractivity contribution < 1.29 is 18.6 Å². The Morgan fingerprint density at radius 3 is 2.62 bits per heavy atom. The fourth-order valence-electron chi connectivity index (χ4n) is 6.55. The number of rotatable bonds is 5. The molecule has 8 nitrogen and oxygen atoms in total. The first-order chi connectivity index (χ1) is 18.9. The zero-order chi connectivity index (χ0) is 26.8. The van der Waals surface area contributed by atoms with Crippen molar-refractivity contribution in [1.29, 1.82) is 0 Å². The third kappa shape index (κ3) is 4.13. The minimum Gasteiger partial charge on any atom is -0.508 e. The van der Waals surface area contributed by atoms with E-state index in [0.29, 0.717) is 29.1 Å². The number of phenols is 1. The second-order valence-corrected chi connectivity index (χ2v) is 11.2. The maximum absolute atomic E-state index is 15.8.